The first-order chi connectivity index (χ1) is 15.5. The van der Waals surface area contributed by atoms with Crippen LogP contribution in [0.2, 0.25) is 10.2 Å². The first-order valence-electron chi connectivity index (χ1n) is 10.3. The molecule has 4 unspecified atom stereocenters. The maximum Gasteiger partial charge on any atom is 0.339 e. The van der Waals surface area contributed by atoms with E-state index in [1.54, 1.807) is 6.07 Å². The molecule has 2 aromatic heterocycles. The van der Waals surface area contributed by atoms with Gasteiger partial charge in [-0.25, -0.2) is 4.98 Å². The summed E-state index contributed by atoms with van der Waals surface area (Å²) in [5, 5.41) is 7.60. The van der Waals surface area contributed by atoms with Crippen molar-refractivity contribution < 1.29 is 19.1 Å². The molecule has 0 spiro atoms. The van der Waals surface area contributed by atoms with Gasteiger partial charge in [-0.1, -0.05) is 23.2 Å². The number of hydrogen-bond acceptors (Lipinski definition) is 6. The molecule has 6 heterocycles. The zero-order chi connectivity index (χ0) is 23.9. The summed E-state index contributed by atoms with van der Waals surface area (Å²) in [7, 11) is 0. The molecule has 7 nitrogen and oxygen atoms in total. The molecule has 6 rings (SSSR count). The molecule has 2 N–H and O–H groups in total. The fraction of sp³-hybridized carbons (Fsp3) is 0.500. The van der Waals surface area contributed by atoms with Crippen LogP contribution in [0.15, 0.2) is 16.9 Å². The number of pyridine rings is 2. The quantitative estimate of drug-likeness (QED) is 0.263. The minimum atomic E-state index is -3.22. The van der Waals surface area contributed by atoms with Crippen LogP contribution in [-0.2, 0) is 26.9 Å². The molecule has 2 saturated heterocycles. The lowest BCUT2D eigenvalue weighted by Gasteiger charge is -2.23. The highest BCUT2D eigenvalue weighted by atomic mass is 36.0. The van der Waals surface area contributed by atoms with Gasteiger partial charge in [-0.05, 0) is 71.0 Å². The third-order valence-electron chi connectivity index (χ3n) is 5.94. The summed E-state index contributed by atoms with van der Waals surface area (Å²) >= 11 is 25.8. The number of ether oxygens (including phenoxy) is 2. The van der Waals surface area contributed by atoms with Crippen LogP contribution in [0.1, 0.15) is 60.4 Å². The normalized spacial score (nSPS) is 26.3. The summed E-state index contributed by atoms with van der Waals surface area (Å²) in [6.07, 6.45) is 6.39. The first kappa shape index (κ1) is 25.6. The van der Waals surface area contributed by atoms with Crippen LogP contribution in [0, 0.1) is 0 Å². The largest absolute Gasteiger partial charge is 0.507 e. The zero-order valence-electron chi connectivity index (χ0n) is 17.1. The van der Waals surface area contributed by atoms with Gasteiger partial charge in [0, 0.05) is 29.5 Å². The molecule has 4 aliphatic heterocycles. The number of aromatic hydroxyl groups is 1. The van der Waals surface area contributed by atoms with E-state index in [0.717, 1.165) is 59.6 Å². The van der Waals surface area contributed by atoms with Gasteiger partial charge in [0.1, 0.15) is 17.0 Å². The Labute approximate surface area is 214 Å². The average molecular weight is 577 g/mol. The Bertz CT molecular complexity index is 1150. The van der Waals surface area contributed by atoms with Crippen molar-refractivity contribution in [1.29, 1.82) is 0 Å². The van der Waals surface area contributed by atoms with Crippen LogP contribution in [-0.4, -0.2) is 27.3 Å². The molecule has 2 fully saturated rings. The summed E-state index contributed by atoms with van der Waals surface area (Å²) < 4.78 is 20.9. The van der Waals surface area contributed by atoms with E-state index in [1.807, 2.05) is 0 Å². The summed E-state index contributed by atoms with van der Waals surface area (Å²) in [5.41, 5.74) is 3.48. The van der Waals surface area contributed by atoms with Crippen molar-refractivity contribution in [2.75, 3.05) is 0 Å². The van der Waals surface area contributed by atoms with E-state index in [1.165, 1.54) is 6.07 Å². The summed E-state index contributed by atoms with van der Waals surface area (Å²) in [6.45, 7) is 0. The average Bonchev–Trinajstić information content (AvgIpc) is 3.28. The van der Waals surface area contributed by atoms with Crippen molar-refractivity contribution in [2.24, 2.45) is 0 Å². The van der Waals surface area contributed by atoms with E-state index in [-0.39, 0.29) is 29.6 Å². The van der Waals surface area contributed by atoms with E-state index in [4.69, 9.17) is 32.7 Å². The third-order valence-corrected chi connectivity index (χ3v) is 6.47. The lowest BCUT2D eigenvalue weighted by Crippen LogP contribution is -2.22. The number of hydrogen-bond donors (Lipinski definition) is 2. The highest BCUT2D eigenvalue weighted by Gasteiger charge is 2.37. The van der Waals surface area contributed by atoms with Crippen LogP contribution in [0.4, 0.5) is 0 Å². The first-order valence-corrected chi connectivity index (χ1v) is 15.5. The van der Waals surface area contributed by atoms with Crippen LogP contribution in [0.3, 0.4) is 0 Å². The van der Waals surface area contributed by atoms with Gasteiger partial charge in [-0.3, -0.25) is 9.36 Å². The van der Waals surface area contributed by atoms with Crippen molar-refractivity contribution in [3.63, 3.8) is 0 Å². The molecule has 180 valence electrons. The van der Waals surface area contributed by atoms with Crippen LogP contribution in [0.25, 0.3) is 0 Å². The summed E-state index contributed by atoms with van der Waals surface area (Å²) in [6, 6.07) is 2.95. The Morgan fingerprint density at radius 2 is 1.55 bits per heavy atom. The zero-order valence-corrected chi connectivity index (χ0v) is 21.7. The molecule has 0 saturated carbocycles. The lowest BCUT2D eigenvalue weighted by molar-refractivity contribution is 0.0284. The molecule has 0 amide bonds. The second-order valence-electron chi connectivity index (χ2n) is 8.16. The number of rotatable bonds is 0. The smallest absolute Gasteiger partial charge is 0.339 e. The van der Waals surface area contributed by atoms with Crippen LogP contribution in [0.5, 0.6) is 5.75 Å². The van der Waals surface area contributed by atoms with Crippen LogP contribution >= 0.6 is 62.1 Å². The minimum Gasteiger partial charge on any atom is -0.507 e. The van der Waals surface area contributed by atoms with E-state index >= 15 is 0 Å². The number of H-pyrrole nitrogens is 1. The van der Waals surface area contributed by atoms with Gasteiger partial charge in [0.25, 0.3) is 5.56 Å². The van der Waals surface area contributed by atoms with Crippen LogP contribution < -0.4 is 5.56 Å². The number of nitrogens with zero attached hydrogens (tertiary/aromatic N) is 1. The highest BCUT2D eigenvalue weighted by molar-refractivity contribution is 8.24. The molecule has 13 heteroatoms. The standard InChI is InChI=1S/C10H9Cl2NO.C10H11NO3.Cl3OP/c11-7-4-9(12)13-10-6(7)3-5-1-2-8(10)14-5;12-7-4-9(13)11-10-6(7)3-5-1-2-8(10)14-5;1-5(2,3)4/h4-5,8H,1-3H2;4-5,8H,1-3H2,(H2,11,12,13);. The Morgan fingerprint density at radius 1 is 0.970 bits per heavy atom. The lowest BCUT2D eigenvalue weighted by atomic mass is 10.0. The topological polar surface area (TPSA) is 102 Å². The van der Waals surface area contributed by atoms with Gasteiger partial charge in [-0.15, -0.1) is 0 Å². The maximum absolute atomic E-state index is 11.2. The Balaban J connectivity index is 0.000000132. The van der Waals surface area contributed by atoms with Gasteiger partial charge in [0.05, 0.1) is 29.7 Å². The van der Waals surface area contributed by atoms with E-state index in [9.17, 15) is 14.5 Å². The van der Waals surface area contributed by atoms with Crippen molar-refractivity contribution in [2.45, 2.75) is 62.9 Å². The van der Waals surface area contributed by atoms with Crippen molar-refractivity contribution in [3.05, 3.63) is 55.2 Å². The molecule has 0 aromatic carbocycles. The van der Waals surface area contributed by atoms with E-state index in [2.05, 4.69) is 43.7 Å². The summed E-state index contributed by atoms with van der Waals surface area (Å²) in [4.78, 5) is 18.2. The molecule has 0 aliphatic carbocycles. The van der Waals surface area contributed by atoms with Gasteiger partial charge < -0.3 is 19.6 Å². The number of fused-ring (bicyclic) bond motifs is 8. The fourth-order valence-electron chi connectivity index (χ4n) is 4.66. The number of halogens is 5. The second kappa shape index (κ2) is 10.2. The van der Waals surface area contributed by atoms with Gasteiger partial charge in [0.15, 0.2) is 0 Å². The Morgan fingerprint density at radius 3 is 2.21 bits per heavy atom. The molecule has 2 aromatic rings. The monoisotopic (exact) mass is 574 g/mol. The van der Waals surface area contributed by atoms with Gasteiger partial charge >= 0.3 is 5.20 Å². The van der Waals surface area contributed by atoms with E-state index in [0.29, 0.717) is 17.7 Å². The summed E-state index contributed by atoms with van der Waals surface area (Å²) in [5.74, 6) is 0.115. The molecular formula is C20H20Cl5N2O5P. The number of aromatic amines is 1. The van der Waals surface area contributed by atoms with E-state index < -0.39 is 5.20 Å². The van der Waals surface area contributed by atoms with Crippen molar-refractivity contribution in [3.8, 4) is 5.75 Å². The fourth-order valence-corrected chi connectivity index (χ4v) is 5.19. The maximum atomic E-state index is 11.2. The second-order valence-corrected chi connectivity index (χ2v) is 15.6. The molecule has 0 radical (unpaired) electrons. The van der Waals surface area contributed by atoms with Gasteiger partial charge in [-0.2, -0.15) is 0 Å². The predicted molar refractivity (Wildman–Crippen MR) is 129 cm³/mol. The predicted octanol–water partition coefficient (Wildman–Crippen LogP) is 6.83. The molecular weight excluding hydrogens is 556 g/mol. The molecule has 4 bridgehead atoms. The number of nitrogens with one attached hydrogen (secondary N) is 1. The van der Waals surface area contributed by atoms with Crippen molar-refractivity contribution in [1.82, 2.24) is 9.97 Å². The minimum absolute atomic E-state index is 0.0106. The highest BCUT2D eigenvalue weighted by Crippen LogP contribution is 2.61. The molecule has 4 aliphatic rings. The Kier molecular flexibility index (Phi) is 7.94. The SMILES string of the molecule is Clc1cc(Cl)c2c(n1)C1CCC(C2)O1.O=P(Cl)(Cl)Cl.O=c1cc(O)c2c([nH]1)C1CCC(C2)O1. The van der Waals surface area contributed by atoms with Gasteiger partial charge in [0.2, 0.25) is 0 Å². The third kappa shape index (κ3) is 6.39. The molecule has 4 atom stereocenters. The van der Waals surface area contributed by atoms with Crippen molar-refractivity contribution >= 4 is 62.1 Å². The Hall–Kier alpha value is -0.500. The molecule has 33 heavy (non-hydrogen) atoms. The number of aromatic nitrogens is 2.